The summed E-state index contributed by atoms with van der Waals surface area (Å²) in [6.45, 7) is 4.29. The Balaban J connectivity index is 0. The number of rotatable bonds is 0. The zero-order chi connectivity index (χ0) is 17.5. The van der Waals surface area contributed by atoms with E-state index in [1.54, 1.807) is 30.6 Å². The van der Waals surface area contributed by atoms with E-state index in [0.29, 0.717) is 0 Å². The predicted octanol–water partition coefficient (Wildman–Crippen LogP) is 4.37. The van der Waals surface area contributed by atoms with Crippen molar-refractivity contribution in [3.63, 3.8) is 0 Å². The van der Waals surface area contributed by atoms with Crippen LogP contribution in [0.1, 0.15) is 20.8 Å². The van der Waals surface area contributed by atoms with Crippen LogP contribution in [0, 0.1) is 34.0 Å². The van der Waals surface area contributed by atoms with E-state index in [1.165, 1.54) is 20.8 Å². The summed E-state index contributed by atoms with van der Waals surface area (Å²) in [6.07, 6.45) is 3.60. The van der Waals surface area contributed by atoms with E-state index in [4.69, 9.17) is 15.8 Å². The van der Waals surface area contributed by atoms with Crippen LogP contribution in [0.2, 0.25) is 0 Å². The molecule has 0 N–H and O–H groups in total. The molecule has 0 bridgehead atoms. The molecule has 0 aliphatic heterocycles. The number of nitriles is 3. The molecule has 0 aliphatic carbocycles. The van der Waals surface area contributed by atoms with Crippen molar-refractivity contribution in [3.05, 3.63) is 48.8 Å². The molecule has 0 fully saturated rings. The van der Waals surface area contributed by atoms with Crippen LogP contribution in [-0.2, 0) is 19.5 Å². The summed E-state index contributed by atoms with van der Waals surface area (Å²) in [7, 11) is 0. The minimum Gasteiger partial charge on any atom is -0.254 e. The Hall–Kier alpha value is -2.87. The summed E-state index contributed by atoms with van der Waals surface area (Å²) in [4.78, 5) is 8.69. The maximum Gasteiger partial charge on any atom is 3.00 e. The zero-order valence-corrected chi connectivity index (χ0v) is 15.4. The summed E-state index contributed by atoms with van der Waals surface area (Å²) >= 11 is 0. The quantitative estimate of drug-likeness (QED) is 0.409. The molecule has 1 radical (unpaired) electrons. The smallest absolute Gasteiger partial charge is 0.254 e. The van der Waals surface area contributed by atoms with Crippen LogP contribution in [0.15, 0.2) is 48.8 Å². The average Bonchev–Trinajstić information content (AvgIpc) is 2.57. The molecule has 3 rings (SSSR count). The average molecular weight is 404 g/mol. The van der Waals surface area contributed by atoms with Gasteiger partial charge in [0.05, 0.1) is 29.2 Å². The number of nitrogens with zero attached hydrogens (tertiary/aromatic N) is 5. The molecule has 0 saturated heterocycles. The number of pyridine rings is 2. The van der Waals surface area contributed by atoms with Crippen molar-refractivity contribution in [2.75, 3.05) is 0 Å². The standard InChI is InChI=1S/C12H8N2.3C2H3N.Ru/c1-3-9-5-6-10-4-2-8-14-12(10)11(9)13-7-1;3*1-2-3;/h1-8H;3*1H3;/q;;;;+3. The fraction of sp³-hybridized carbons (Fsp3) is 0.167. The van der Waals surface area contributed by atoms with Crippen LogP contribution in [0.4, 0.5) is 0 Å². The molecular weight excluding hydrogens is 387 g/mol. The second-order valence-corrected chi connectivity index (χ2v) is 3.89. The summed E-state index contributed by atoms with van der Waals surface area (Å²) in [5.41, 5.74) is 1.95. The van der Waals surface area contributed by atoms with Crippen molar-refractivity contribution < 1.29 is 19.5 Å². The molecule has 1 aromatic carbocycles. The van der Waals surface area contributed by atoms with Crippen LogP contribution in [0.5, 0.6) is 0 Å². The molecule has 0 aliphatic rings. The van der Waals surface area contributed by atoms with Crippen LogP contribution in [-0.4, -0.2) is 9.97 Å². The van der Waals surface area contributed by atoms with Crippen LogP contribution < -0.4 is 0 Å². The van der Waals surface area contributed by atoms with Gasteiger partial charge in [-0.2, -0.15) is 15.8 Å². The molecule has 0 amide bonds. The Kier molecular flexibility index (Phi) is 14.7. The van der Waals surface area contributed by atoms with Gasteiger partial charge in [0.2, 0.25) is 0 Å². The second kappa shape index (κ2) is 15.0. The normalized spacial score (nSPS) is 7.33. The van der Waals surface area contributed by atoms with Gasteiger partial charge in [-0.15, -0.1) is 0 Å². The van der Waals surface area contributed by atoms with Gasteiger partial charge in [0.1, 0.15) is 0 Å². The topological polar surface area (TPSA) is 97.2 Å². The van der Waals surface area contributed by atoms with Gasteiger partial charge in [-0.1, -0.05) is 24.3 Å². The second-order valence-electron chi connectivity index (χ2n) is 3.89. The van der Waals surface area contributed by atoms with E-state index in [1.807, 2.05) is 12.1 Å². The summed E-state index contributed by atoms with van der Waals surface area (Å²) < 4.78 is 0. The molecule has 5 nitrogen and oxygen atoms in total. The molecule has 24 heavy (non-hydrogen) atoms. The minimum absolute atomic E-state index is 0. The van der Waals surface area contributed by atoms with Gasteiger partial charge < -0.3 is 0 Å². The Morgan fingerprint density at radius 2 is 0.958 bits per heavy atom. The molecule has 2 aromatic heterocycles. The summed E-state index contributed by atoms with van der Waals surface area (Å²) in [5.74, 6) is 0. The summed E-state index contributed by atoms with van der Waals surface area (Å²) in [6, 6.07) is 17.4. The Labute approximate surface area is 155 Å². The molecule has 0 atom stereocenters. The van der Waals surface area contributed by atoms with Crippen LogP contribution >= 0.6 is 0 Å². The molecule has 3 aromatic rings. The molecule has 0 saturated carbocycles. The van der Waals surface area contributed by atoms with Crippen LogP contribution in [0.25, 0.3) is 21.8 Å². The Morgan fingerprint density at radius 3 is 1.25 bits per heavy atom. The van der Waals surface area contributed by atoms with Crippen molar-refractivity contribution in [2.24, 2.45) is 0 Å². The van der Waals surface area contributed by atoms with Gasteiger partial charge in [-0.3, -0.25) is 9.97 Å². The third-order valence-electron chi connectivity index (χ3n) is 2.34. The van der Waals surface area contributed by atoms with Crippen molar-refractivity contribution in [2.45, 2.75) is 20.8 Å². The fourth-order valence-electron chi connectivity index (χ4n) is 1.68. The Bertz CT molecular complexity index is 773. The van der Waals surface area contributed by atoms with Crippen molar-refractivity contribution in [3.8, 4) is 18.2 Å². The van der Waals surface area contributed by atoms with Gasteiger partial charge in [0.25, 0.3) is 0 Å². The monoisotopic (exact) mass is 405 g/mol. The van der Waals surface area contributed by atoms with E-state index >= 15 is 0 Å². The molecule has 2 heterocycles. The Morgan fingerprint density at radius 1 is 0.667 bits per heavy atom. The van der Waals surface area contributed by atoms with Crippen molar-refractivity contribution in [1.82, 2.24) is 9.97 Å². The molecule has 0 unspecified atom stereocenters. The molecule has 0 spiro atoms. The number of benzene rings is 1. The van der Waals surface area contributed by atoms with Gasteiger partial charge >= 0.3 is 19.5 Å². The first kappa shape index (κ1) is 23.4. The van der Waals surface area contributed by atoms with E-state index < -0.39 is 0 Å². The van der Waals surface area contributed by atoms with Gasteiger partial charge in [0.15, 0.2) is 0 Å². The number of hydrogen-bond donors (Lipinski definition) is 0. The van der Waals surface area contributed by atoms with E-state index in [0.717, 1.165) is 21.8 Å². The zero-order valence-electron chi connectivity index (χ0n) is 13.7. The maximum atomic E-state index is 7.32. The van der Waals surface area contributed by atoms with E-state index in [2.05, 4.69) is 34.2 Å². The predicted molar refractivity (Wildman–Crippen MR) is 90.9 cm³/mol. The fourth-order valence-corrected chi connectivity index (χ4v) is 1.68. The van der Waals surface area contributed by atoms with Gasteiger partial charge in [0, 0.05) is 43.9 Å². The first-order valence-electron chi connectivity index (χ1n) is 6.71. The summed E-state index contributed by atoms with van der Waals surface area (Å²) in [5, 5.41) is 24.2. The first-order chi connectivity index (χ1) is 11.2. The SMILES string of the molecule is CC#N.CC#N.CC#N.[Ru+3].c1cnc2c(c1)ccc1cccnc12. The third-order valence-corrected chi connectivity index (χ3v) is 2.34. The van der Waals surface area contributed by atoms with Crippen molar-refractivity contribution in [1.29, 1.82) is 15.8 Å². The van der Waals surface area contributed by atoms with Crippen molar-refractivity contribution >= 4 is 21.8 Å². The first-order valence-corrected chi connectivity index (χ1v) is 6.71. The molecule has 6 heteroatoms. The molecule has 119 valence electrons. The van der Waals surface area contributed by atoms with E-state index in [-0.39, 0.29) is 19.5 Å². The number of hydrogen-bond acceptors (Lipinski definition) is 5. The number of fused-ring (bicyclic) bond motifs is 3. The third kappa shape index (κ3) is 7.95. The maximum absolute atomic E-state index is 7.32. The largest absolute Gasteiger partial charge is 3.00 e. The number of aromatic nitrogens is 2. The van der Waals surface area contributed by atoms with E-state index in [9.17, 15) is 0 Å². The van der Waals surface area contributed by atoms with Gasteiger partial charge in [-0.25, -0.2) is 0 Å². The van der Waals surface area contributed by atoms with Crippen LogP contribution in [0.3, 0.4) is 0 Å². The van der Waals surface area contributed by atoms with Gasteiger partial charge in [-0.05, 0) is 12.1 Å². The molecular formula is C18H17N5Ru+3. The minimum atomic E-state index is 0.